The molecule has 0 aromatic heterocycles. The Kier molecular flexibility index (Phi) is 2.15. The number of ether oxygens (including phenoxy) is 1. The molecule has 0 saturated heterocycles. The van der Waals surface area contributed by atoms with Crippen molar-refractivity contribution in [1.82, 2.24) is 0 Å². The molecule has 0 amide bonds. The Morgan fingerprint density at radius 2 is 2.00 bits per heavy atom. The molecular weight excluding hydrogens is 179 g/mol. The summed E-state index contributed by atoms with van der Waals surface area (Å²) in [6, 6.07) is 7.87. The molecular formula is C7H8OSe. The van der Waals surface area contributed by atoms with E-state index < -0.39 is 0 Å². The summed E-state index contributed by atoms with van der Waals surface area (Å²) >= 11 is 2.46. The second-order valence-electron chi connectivity index (χ2n) is 1.67. The summed E-state index contributed by atoms with van der Waals surface area (Å²) in [5, 5.41) is 0. The standard InChI is InChI=1S/C7H8OSe/c1-8-6-4-2-3-5-7(6)9/h2-5,9H,1H3. The minimum atomic E-state index is 0.928. The van der Waals surface area contributed by atoms with Crippen molar-refractivity contribution >= 4 is 20.5 Å². The van der Waals surface area contributed by atoms with Gasteiger partial charge in [0.25, 0.3) is 0 Å². The number of benzene rings is 1. The number of hydrogen-bond donors (Lipinski definition) is 0. The fraction of sp³-hybridized carbons (Fsp3) is 0.143. The molecule has 0 heterocycles. The molecule has 2 heteroatoms. The molecule has 0 saturated carbocycles. The summed E-state index contributed by atoms with van der Waals surface area (Å²) < 4.78 is 6.15. The molecule has 0 aliphatic heterocycles. The van der Waals surface area contributed by atoms with Crippen molar-refractivity contribution in [3.05, 3.63) is 24.3 Å². The van der Waals surface area contributed by atoms with E-state index in [0.717, 1.165) is 10.2 Å². The molecule has 1 nitrogen and oxygen atoms in total. The topological polar surface area (TPSA) is 9.23 Å². The Labute approximate surface area is 62.8 Å². The first kappa shape index (κ1) is 6.66. The molecule has 1 aromatic carbocycles. The van der Waals surface area contributed by atoms with Gasteiger partial charge < -0.3 is 0 Å². The molecule has 0 atom stereocenters. The van der Waals surface area contributed by atoms with Crippen molar-refractivity contribution < 1.29 is 4.74 Å². The van der Waals surface area contributed by atoms with Gasteiger partial charge in [0.15, 0.2) is 0 Å². The fourth-order valence-corrected chi connectivity index (χ4v) is 1.16. The second kappa shape index (κ2) is 2.90. The van der Waals surface area contributed by atoms with Crippen LogP contribution in [0.25, 0.3) is 0 Å². The van der Waals surface area contributed by atoms with E-state index in [4.69, 9.17) is 4.74 Å². The Hall–Kier alpha value is -0.461. The first-order valence-electron chi connectivity index (χ1n) is 2.66. The minimum absolute atomic E-state index is 0.928. The molecule has 0 aliphatic carbocycles. The molecule has 0 N–H and O–H groups in total. The normalized spacial score (nSPS) is 9.11. The van der Waals surface area contributed by atoms with Crippen LogP contribution in [-0.2, 0) is 0 Å². The molecule has 1 rings (SSSR count). The van der Waals surface area contributed by atoms with E-state index in [-0.39, 0.29) is 0 Å². The van der Waals surface area contributed by atoms with Gasteiger partial charge in [-0.05, 0) is 0 Å². The van der Waals surface area contributed by atoms with Crippen LogP contribution in [0.15, 0.2) is 24.3 Å². The average molecular weight is 187 g/mol. The van der Waals surface area contributed by atoms with Crippen LogP contribution in [0.1, 0.15) is 0 Å². The molecule has 0 spiro atoms. The molecule has 0 fully saturated rings. The van der Waals surface area contributed by atoms with Gasteiger partial charge in [0.1, 0.15) is 0 Å². The zero-order valence-electron chi connectivity index (χ0n) is 5.16. The van der Waals surface area contributed by atoms with E-state index in [0.29, 0.717) is 0 Å². The van der Waals surface area contributed by atoms with Gasteiger partial charge in [-0.15, -0.1) is 0 Å². The third-order valence-corrected chi connectivity index (χ3v) is 1.86. The zero-order valence-corrected chi connectivity index (χ0v) is 7.04. The number of hydrogen-bond acceptors (Lipinski definition) is 1. The van der Waals surface area contributed by atoms with Gasteiger partial charge >= 0.3 is 62.3 Å². The number of para-hydroxylation sites is 1. The van der Waals surface area contributed by atoms with Crippen molar-refractivity contribution in [3.8, 4) is 5.75 Å². The summed E-state index contributed by atoms with van der Waals surface area (Å²) in [5.41, 5.74) is 0. The zero-order chi connectivity index (χ0) is 6.69. The maximum atomic E-state index is 5.03. The van der Waals surface area contributed by atoms with Gasteiger partial charge in [-0.3, -0.25) is 0 Å². The van der Waals surface area contributed by atoms with Gasteiger partial charge in [-0.2, -0.15) is 0 Å². The van der Waals surface area contributed by atoms with E-state index in [1.54, 1.807) is 7.11 Å². The van der Waals surface area contributed by atoms with Crippen molar-refractivity contribution in [2.45, 2.75) is 0 Å². The molecule has 0 unspecified atom stereocenters. The number of methoxy groups -OCH3 is 1. The predicted octanol–water partition coefficient (Wildman–Crippen LogP) is 0.221. The first-order chi connectivity index (χ1) is 4.34. The van der Waals surface area contributed by atoms with Crippen LogP contribution in [-0.4, -0.2) is 23.1 Å². The molecule has 0 aliphatic rings. The number of rotatable bonds is 1. The van der Waals surface area contributed by atoms with Gasteiger partial charge in [-0.1, -0.05) is 0 Å². The van der Waals surface area contributed by atoms with Crippen LogP contribution in [0.5, 0.6) is 5.75 Å². The van der Waals surface area contributed by atoms with E-state index in [2.05, 4.69) is 16.0 Å². The summed E-state index contributed by atoms with van der Waals surface area (Å²) in [5.74, 6) is 0.928. The molecule has 1 aromatic rings. The van der Waals surface area contributed by atoms with Gasteiger partial charge in [0, 0.05) is 0 Å². The van der Waals surface area contributed by atoms with E-state index in [9.17, 15) is 0 Å². The molecule has 48 valence electrons. The Bertz CT molecular complexity index is 198. The van der Waals surface area contributed by atoms with Crippen LogP contribution in [0.2, 0.25) is 0 Å². The van der Waals surface area contributed by atoms with Crippen LogP contribution in [0, 0.1) is 0 Å². The Morgan fingerprint density at radius 1 is 1.33 bits per heavy atom. The quantitative estimate of drug-likeness (QED) is 0.571. The van der Waals surface area contributed by atoms with E-state index in [1.165, 1.54) is 0 Å². The van der Waals surface area contributed by atoms with Crippen LogP contribution in [0.3, 0.4) is 0 Å². The third kappa shape index (κ3) is 1.47. The van der Waals surface area contributed by atoms with Crippen molar-refractivity contribution in [3.63, 3.8) is 0 Å². The molecule has 9 heavy (non-hydrogen) atoms. The van der Waals surface area contributed by atoms with E-state index in [1.807, 2.05) is 24.3 Å². The van der Waals surface area contributed by atoms with Crippen LogP contribution < -0.4 is 9.20 Å². The third-order valence-electron chi connectivity index (χ3n) is 1.09. The van der Waals surface area contributed by atoms with Gasteiger partial charge in [-0.25, -0.2) is 0 Å². The summed E-state index contributed by atoms with van der Waals surface area (Å²) in [7, 11) is 1.67. The average Bonchev–Trinajstić information content (AvgIpc) is 1.89. The maximum absolute atomic E-state index is 5.03. The van der Waals surface area contributed by atoms with Crippen LogP contribution in [0.4, 0.5) is 0 Å². The summed E-state index contributed by atoms with van der Waals surface area (Å²) in [6.45, 7) is 0. The SMILES string of the molecule is COc1ccccc1[SeH]. The van der Waals surface area contributed by atoms with Crippen molar-refractivity contribution in [1.29, 1.82) is 0 Å². The van der Waals surface area contributed by atoms with Crippen molar-refractivity contribution in [2.24, 2.45) is 0 Å². The van der Waals surface area contributed by atoms with Gasteiger partial charge in [0.05, 0.1) is 0 Å². The summed E-state index contributed by atoms with van der Waals surface area (Å²) in [6.07, 6.45) is 0. The summed E-state index contributed by atoms with van der Waals surface area (Å²) in [4.78, 5) is 0. The van der Waals surface area contributed by atoms with Gasteiger partial charge in [0.2, 0.25) is 0 Å². The van der Waals surface area contributed by atoms with E-state index >= 15 is 0 Å². The Morgan fingerprint density at radius 3 is 2.44 bits per heavy atom. The Balaban J connectivity index is 3.01. The molecule has 0 bridgehead atoms. The second-order valence-corrected chi connectivity index (χ2v) is 2.68. The molecule has 0 radical (unpaired) electrons. The first-order valence-corrected chi connectivity index (χ1v) is 3.60. The fourth-order valence-electron chi connectivity index (χ4n) is 0.630. The predicted molar refractivity (Wildman–Crippen MR) is 39.8 cm³/mol. The van der Waals surface area contributed by atoms with Crippen LogP contribution >= 0.6 is 0 Å². The van der Waals surface area contributed by atoms with Crippen molar-refractivity contribution in [2.75, 3.05) is 7.11 Å². The monoisotopic (exact) mass is 188 g/mol.